The summed E-state index contributed by atoms with van der Waals surface area (Å²) >= 11 is 3.53. The maximum absolute atomic E-state index is 9.10. The van der Waals surface area contributed by atoms with Gasteiger partial charge in [0.05, 0.1) is 10.2 Å². The summed E-state index contributed by atoms with van der Waals surface area (Å²) in [6, 6.07) is 4.85. The van der Waals surface area contributed by atoms with Gasteiger partial charge in [-0.1, -0.05) is 0 Å². The molecule has 2 rings (SSSR count). The van der Waals surface area contributed by atoms with Gasteiger partial charge in [-0.05, 0) is 42.7 Å². The van der Waals surface area contributed by atoms with E-state index in [9.17, 15) is 0 Å². The number of aliphatic hydroxyl groups is 1. The Morgan fingerprint density at radius 1 is 1.53 bits per heavy atom. The van der Waals surface area contributed by atoms with Gasteiger partial charge < -0.3 is 10.4 Å². The molecule has 0 aromatic carbocycles. The average molecular weight is 296 g/mol. The molecule has 2 aromatic rings. The second kappa shape index (κ2) is 7.24. The number of hydrogen-bond acceptors (Lipinski definition) is 5. The summed E-state index contributed by atoms with van der Waals surface area (Å²) in [7, 11) is 0. The van der Waals surface area contributed by atoms with Crippen molar-refractivity contribution in [1.82, 2.24) is 10.3 Å². The van der Waals surface area contributed by atoms with Crippen LogP contribution in [0.3, 0.4) is 0 Å². The lowest BCUT2D eigenvalue weighted by Crippen LogP contribution is -2.34. The predicted octanol–water partition coefficient (Wildman–Crippen LogP) is 3.06. The maximum Gasteiger partial charge on any atom is 0.0809 e. The first-order valence-corrected chi connectivity index (χ1v) is 8.71. The van der Waals surface area contributed by atoms with Crippen LogP contribution >= 0.6 is 23.1 Å². The van der Waals surface area contributed by atoms with E-state index in [4.69, 9.17) is 5.11 Å². The highest BCUT2D eigenvalue weighted by Gasteiger charge is 2.13. The number of aromatic nitrogens is 1. The molecule has 0 amide bonds. The molecule has 3 nitrogen and oxygen atoms in total. The Hall–Kier alpha value is -0.620. The molecule has 19 heavy (non-hydrogen) atoms. The van der Waals surface area contributed by atoms with E-state index < -0.39 is 0 Å². The maximum atomic E-state index is 9.10. The van der Waals surface area contributed by atoms with Crippen LogP contribution in [0.2, 0.25) is 0 Å². The smallest absolute Gasteiger partial charge is 0.0809 e. The van der Waals surface area contributed by atoms with Gasteiger partial charge in [0.15, 0.2) is 0 Å². The molecule has 0 aliphatic heterocycles. The van der Waals surface area contributed by atoms with Gasteiger partial charge >= 0.3 is 0 Å². The van der Waals surface area contributed by atoms with Crippen LogP contribution in [0.4, 0.5) is 0 Å². The van der Waals surface area contributed by atoms with Gasteiger partial charge in [0, 0.05) is 30.6 Å². The van der Waals surface area contributed by atoms with Gasteiger partial charge in [0.2, 0.25) is 0 Å². The molecule has 0 saturated carbocycles. The van der Waals surface area contributed by atoms with Crippen LogP contribution in [0.1, 0.15) is 24.9 Å². The molecule has 2 N–H and O–H groups in total. The van der Waals surface area contributed by atoms with E-state index in [1.165, 1.54) is 10.3 Å². The second-order valence-electron chi connectivity index (χ2n) is 4.63. The minimum Gasteiger partial charge on any atom is -0.396 e. The third kappa shape index (κ3) is 3.92. The largest absolute Gasteiger partial charge is 0.396 e. The second-order valence-corrected chi connectivity index (χ2v) is 6.48. The lowest BCUT2D eigenvalue weighted by molar-refractivity contribution is 0.265. The molecule has 5 heteroatoms. The van der Waals surface area contributed by atoms with E-state index in [2.05, 4.69) is 34.9 Å². The zero-order valence-corrected chi connectivity index (χ0v) is 12.9. The van der Waals surface area contributed by atoms with Crippen molar-refractivity contribution in [3.63, 3.8) is 0 Å². The quantitative estimate of drug-likeness (QED) is 0.824. The van der Waals surface area contributed by atoms with Crippen LogP contribution in [0.5, 0.6) is 0 Å². The summed E-state index contributed by atoms with van der Waals surface area (Å²) in [5.41, 5.74) is 2.27. The molecular weight excluding hydrogens is 276 g/mol. The summed E-state index contributed by atoms with van der Waals surface area (Å²) in [5, 5.41) is 14.7. The molecule has 0 fully saturated rings. The Morgan fingerprint density at radius 3 is 3.11 bits per heavy atom. The van der Waals surface area contributed by atoms with Gasteiger partial charge in [-0.2, -0.15) is 11.8 Å². The number of nitrogens with one attached hydrogen (secondary N) is 1. The highest BCUT2D eigenvalue weighted by molar-refractivity contribution is 7.98. The van der Waals surface area contributed by atoms with Crippen LogP contribution in [0.15, 0.2) is 23.7 Å². The third-order valence-electron chi connectivity index (χ3n) is 3.15. The molecule has 0 spiro atoms. The number of rotatable bonds is 7. The van der Waals surface area contributed by atoms with Gasteiger partial charge in [0.25, 0.3) is 0 Å². The number of pyridine rings is 1. The highest BCUT2D eigenvalue weighted by atomic mass is 32.2. The SMILES string of the molecule is CSCC(CCO)NC(C)c1cnc2ccsc2c1. The molecule has 104 valence electrons. The van der Waals surface area contributed by atoms with Crippen LogP contribution < -0.4 is 5.32 Å². The number of hydrogen-bond donors (Lipinski definition) is 2. The summed E-state index contributed by atoms with van der Waals surface area (Å²) in [6.07, 6.45) is 4.83. The first-order valence-electron chi connectivity index (χ1n) is 6.43. The fourth-order valence-corrected chi connectivity index (χ4v) is 3.57. The monoisotopic (exact) mass is 296 g/mol. The van der Waals surface area contributed by atoms with Crippen molar-refractivity contribution >= 4 is 33.3 Å². The van der Waals surface area contributed by atoms with Crippen molar-refractivity contribution in [2.75, 3.05) is 18.6 Å². The van der Waals surface area contributed by atoms with Crippen molar-refractivity contribution in [2.45, 2.75) is 25.4 Å². The molecule has 2 heterocycles. The summed E-state index contributed by atoms with van der Waals surface area (Å²) < 4.78 is 1.23. The molecule has 0 bridgehead atoms. The first-order chi connectivity index (χ1) is 9.24. The zero-order valence-electron chi connectivity index (χ0n) is 11.3. The van der Waals surface area contributed by atoms with E-state index in [0.717, 1.165) is 17.7 Å². The Kier molecular flexibility index (Phi) is 5.63. The molecule has 0 aliphatic carbocycles. The number of thiophene rings is 1. The van der Waals surface area contributed by atoms with Gasteiger partial charge in [-0.25, -0.2) is 0 Å². The zero-order chi connectivity index (χ0) is 13.7. The summed E-state index contributed by atoms with van der Waals surface area (Å²) in [4.78, 5) is 4.48. The Bertz CT molecular complexity index is 509. The van der Waals surface area contributed by atoms with Crippen LogP contribution in [-0.2, 0) is 0 Å². The predicted molar refractivity (Wildman–Crippen MR) is 85.0 cm³/mol. The molecule has 2 atom stereocenters. The van der Waals surface area contributed by atoms with Gasteiger partial charge in [0.1, 0.15) is 0 Å². The molecule has 2 unspecified atom stereocenters. The number of thioether (sulfide) groups is 1. The van der Waals surface area contributed by atoms with E-state index in [1.807, 2.05) is 12.3 Å². The first kappa shape index (κ1) is 14.8. The Morgan fingerprint density at radius 2 is 2.37 bits per heavy atom. The van der Waals surface area contributed by atoms with Crippen LogP contribution in [0, 0.1) is 0 Å². The van der Waals surface area contributed by atoms with Crippen molar-refractivity contribution in [3.05, 3.63) is 29.3 Å². The van der Waals surface area contributed by atoms with E-state index >= 15 is 0 Å². The fourth-order valence-electron chi connectivity index (χ4n) is 2.12. The number of aliphatic hydroxyl groups excluding tert-OH is 1. The summed E-state index contributed by atoms with van der Waals surface area (Å²) in [6.45, 7) is 2.38. The van der Waals surface area contributed by atoms with E-state index in [0.29, 0.717) is 6.04 Å². The Labute approximate surface area is 122 Å². The van der Waals surface area contributed by atoms with Crippen molar-refractivity contribution in [1.29, 1.82) is 0 Å². The average Bonchev–Trinajstić information content (AvgIpc) is 2.86. The molecule has 0 radical (unpaired) electrons. The van der Waals surface area contributed by atoms with Crippen molar-refractivity contribution < 1.29 is 5.11 Å². The van der Waals surface area contributed by atoms with Crippen molar-refractivity contribution in [3.8, 4) is 0 Å². The van der Waals surface area contributed by atoms with Gasteiger partial charge in [-0.3, -0.25) is 4.98 Å². The van der Waals surface area contributed by atoms with E-state index in [1.54, 1.807) is 23.1 Å². The summed E-state index contributed by atoms with van der Waals surface area (Å²) in [5.74, 6) is 1.01. The normalized spacial score (nSPS) is 14.7. The van der Waals surface area contributed by atoms with Crippen LogP contribution in [-0.4, -0.2) is 34.7 Å². The molecule has 0 saturated heterocycles. The molecule has 0 aliphatic rings. The fraction of sp³-hybridized carbons (Fsp3) is 0.500. The van der Waals surface area contributed by atoms with Crippen molar-refractivity contribution in [2.24, 2.45) is 0 Å². The van der Waals surface area contributed by atoms with E-state index in [-0.39, 0.29) is 12.6 Å². The minimum atomic E-state index is 0.229. The minimum absolute atomic E-state index is 0.229. The van der Waals surface area contributed by atoms with Gasteiger partial charge in [-0.15, -0.1) is 11.3 Å². The molecular formula is C14H20N2OS2. The number of nitrogens with zero attached hydrogens (tertiary/aromatic N) is 1. The number of fused-ring (bicyclic) bond motifs is 1. The molecule has 2 aromatic heterocycles. The highest BCUT2D eigenvalue weighted by Crippen LogP contribution is 2.23. The topological polar surface area (TPSA) is 45.1 Å². The third-order valence-corrected chi connectivity index (χ3v) is 4.74. The lowest BCUT2D eigenvalue weighted by Gasteiger charge is -2.22. The Balaban J connectivity index is 2.06. The van der Waals surface area contributed by atoms with Crippen LogP contribution in [0.25, 0.3) is 10.2 Å². The lowest BCUT2D eigenvalue weighted by atomic mass is 10.1. The standard InChI is InChI=1S/C14H20N2OS2/c1-10(16-12(3-5-17)9-18-2)11-7-14-13(15-8-11)4-6-19-14/h4,6-8,10,12,16-17H,3,5,9H2,1-2H3.